The fourth-order valence-electron chi connectivity index (χ4n) is 4.82. The minimum atomic E-state index is -0.603. The van der Waals surface area contributed by atoms with Crippen LogP contribution in [0.5, 0.6) is 0 Å². The van der Waals surface area contributed by atoms with Gasteiger partial charge in [-0.25, -0.2) is 0 Å². The number of ketones is 3. The summed E-state index contributed by atoms with van der Waals surface area (Å²) in [7, 11) is 0. The van der Waals surface area contributed by atoms with Crippen molar-refractivity contribution >= 4 is 23.3 Å². The maximum absolute atomic E-state index is 12.3. The number of nitrogens with zero attached hydrogens (tertiary/aromatic N) is 2. The molecule has 0 aliphatic carbocycles. The van der Waals surface area contributed by atoms with Gasteiger partial charge in [0.25, 0.3) is 0 Å². The fraction of sp³-hybridized carbons (Fsp3) is 0.769. The average molecular weight is 451 g/mol. The van der Waals surface area contributed by atoms with Crippen molar-refractivity contribution in [3.63, 3.8) is 0 Å². The average Bonchev–Trinajstić information content (AvgIpc) is 2.54. The summed E-state index contributed by atoms with van der Waals surface area (Å²) in [4.78, 5) is 52.1. The first-order chi connectivity index (χ1) is 14.1. The second-order valence-corrected chi connectivity index (χ2v) is 11.8. The Morgan fingerprint density at radius 2 is 0.969 bits per heavy atom. The largest absolute Gasteiger partial charge is 0.362 e. The number of carbonyl (C=O) groups is 4. The fourth-order valence-corrected chi connectivity index (χ4v) is 4.82. The molecule has 0 saturated heterocycles. The lowest BCUT2D eigenvalue weighted by Crippen LogP contribution is -2.54. The summed E-state index contributed by atoms with van der Waals surface area (Å²) in [6.07, 6.45) is 1.11. The van der Waals surface area contributed by atoms with Crippen LogP contribution in [-0.2, 0) is 19.2 Å². The summed E-state index contributed by atoms with van der Waals surface area (Å²) in [5, 5.41) is 0. The quantitative estimate of drug-likeness (QED) is 0.403. The summed E-state index contributed by atoms with van der Waals surface area (Å²) in [5.74, 6) is -0.121. The monoisotopic (exact) mass is 450 g/mol. The Morgan fingerprint density at radius 1 is 0.625 bits per heavy atom. The van der Waals surface area contributed by atoms with Gasteiger partial charge in [0.15, 0.2) is 0 Å². The minimum Gasteiger partial charge on any atom is -0.362 e. The summed E-state index contributed by atoms with van der Waals surface area (Å²) >= 11 is 0. The van der Waals surface area contributed by atoms with Gasteiger partial charge in [-0.3, -0.25) is 19.2 Å². The van der Waals surface area contributed by atoms with Gasteiger partial charge in [0, 0.05) is 34.5 Å². The first-order valence-electron chi connectivity index (χ1n) is 11.3. The third-order valence-corrected chi connectivity index (χ3v) is 6.41. The number of amides is 1. The number of hydrogen-bond acceptors (Lipinski definition) is 5. The highest BCUT2D eigenvalue weighted by Gasteiger charge is 2.43. The van der Waals surface area contributed by atoms with E-state index in [2.05, 4.69) is 6.58 Å². The summed E-state index contributed by atoms with van der Waals surface area (Å²) in [6, 6.07) is 0. The van der Waals surface area contributed by atoms with Crippen LogP contribution < -0.4 is 0 Å². The third kappa shape index (κ3) is 8.18. The van der Waals surface area contributed by atoms with Crippen molar-refractivity contribution in [3.05, 3.63) is 12.3 Å². The molecular formula is C26H46N2O4. The molecular weight excluding hydrogens is 404 g/mol. The van der Waals surface area contributed by atoms with Crippen molar-refractivity contribution in [1.29, 1.82) is 0 Å². The smallest absolute Gasteiger partial charge is 0.220 e. The lowest BCUT2D eigenvalue weighted by atomic mass is 9.73. The van der Waals surface area contributed by atoms with Crippen LogP contribution in [0.3, 0.4) is 0 Å². The molecule has 0 spiro atoms. The van der Waals surface area contributed by atoms with Crippen LogP contribution in [0.15, 0.2) is 12.3 Å². The van der Waals surface area contributed by atoms with Gasteiger partial charge in [-0.1, -0.05) is 34.3 Å². The Labute approximate surface area is 195 Å². The molecule has 0 aromatic heterocycles. The Kier molecular flexibility index (Phi) is 9.67. The molecule has 184 valence electrons. The summed E-state index contributed by atoms with van der Waals surface area (Å²) < 4.78 is 0. The zero-order valence-electron chi connectivity index (χ0n) is 22.6. The molecule has 6 heteroatoms. The van der Waals surface area contributed by atoms with Crippen LogP contribution in [0.4, 0.5) is 0 Å². The topological polar surface area (TPSA) is 74.8 Å². The number of carbonyl (C=O) groups excluding carboxylic acids is 4. The van der Waals surface area contributed by atoms with E-state index in [4.69, 9.17) is 0 Å². The Bertz CT molecular complexity index is 760. The molecule has 0 aromatic rings. The van der Waals surface area contributed by atoms with Crippen LogP contribution >= 0.6 is 0 Å². The molecule has 0 radical (unpaired) electrons. The van der Waals surface area contributed by atoms with E-state index in [9.17, 15) is 19.2 Å². The molecule has 0 unspecified atom stereocenters. The van der Waals surface area contributed by atoms with Gasteiger partial charge in [-0.05, 0) is 61.3 Å². The Morgan fingerprint density at radius 3 is 1.31 bits per heavy atom. The van der Waals surface area contributed by atoms with Crippen LogP contribution in [0, 0.1) is 10.8 Å². The molecule has 0 atom stereocenters. The van der Waals surface area contributed by atoms with E-state index in [1.165, 1.54) is 13.8 Å². The van der Waals surface area contributed by atoms with E-state index in [1.807, 2.05) is 60.3 Å². The van der Waals surface area contributed by atoms with E-state index in [-0.39, 0.29) is 36.3 Å². The Balaban J connectivity index is 6.13. The van der Waals surface area contributed by atoms with Gasteiger partial charge in [-0.15, -0.1) is 0 Å². The molecule has 0 N–H and O–H groups in total. The number of Topliss-reactive ketones (excluding diaryl/α,β-unsaturated/α-hetero) is 3. The van der Waals surface area contributed by atoms with Gasteiger partial charge < -0.3 is 9.80 Å². The highest BCUT2D eigenvalue weighted by atomic mass is 16.2. The lowest BCUT2D eigenvalue weighted by molar-refractivity contribution is -0.139. The van der Waals surface area contributed by atoms with E-state index >= 15 is 0 Å². The maximum Gasteiger partial charge on any atom is 0.220 e. The zero-order chi connectivity index (χ0) is 25.9. The maximum atomic E-state index is 12.3. The molecule has 0 heterocycles. The van der Waals surface area contributed by atoms with Crippen molar-refractivity contribution in [2.45, 2.75) is 107 Å². The molecule has 0 aliphatic rings. The standard InChI is InChI=1S/C26H46N2O4/c1-18(29)14-27(25(10,11)17-24(8,9)21(4)31)20(3)23(6,7)16-26(12,13)28(22(5)32)15-19(2)30/h3,14-17H2,1-2,4-13H3. The predicted octanol–water partition coefficient (Wildman–Crippen LogP) is 4.81. The first-order valence-corrected chi connectivity index (χ1v) is 11.3. The molecule has 0 rings (SSSR count). The van der Waals surface area contributed by atoms with Crippen molar-refractivity contribution in [2.75, 3.05) is 13.1 Å². The second-order valence-electron chi connectivity index (χ2n) is 11.8. The molecule has 0 saturated carbocycles. The van der Waals surface area contributed by atoms with Crippen LogP contribution in [0.1, 0.15) is 95.9 Å². The molecule has 0 aromatic carbocycles. The molecule has 32 heavy (non-hydrogen) atoms. The van der Waals surface area contributed by atoms with Crippen molar-refractivity contribution in [2.24, 2.45) is 10.8 Å². The van der Waals surface area contributed by atoms with Crippen LogP contribution in [0.2, 0.25) is 0 Å². The Hall–Kier alpha value is -1.98. The second kappa shape index (κ2) is 10.3. The number of allylic oxidation sites excluding steroid dienone is 1. The van der Waals surface area contributed by atoms with E-state index < -0.39 is 21.9 Å². The van der Waals surface area contributed by atoms with E-state index in [0.29, 0.717) is 12.8 Å². The van der Waals surface area contributed by atoms with Gasteiger partial charge in [0.2, 0.25) is 5.91 Å². The highest BCUT2D eigenvalue weighted by Crippen LogP contribution is 2.43. The van der Waals surface area contributed by atoms with Crippen LogP contribution in [-0.4, -0.2) is 57.2 Å². The summed E-state index contributed by atoms with van der Waals surface area (Å²) in [6.45, 7) is 26.6. The normalized spacial score (nSPS) is 12.9. The number of hydrogen-bond donors (Lipinski definition) is 0. The SMILES string of the molecule is C=C(N(CC(C)=O)C(C)(C)CC(C)(C)C(C)=O)C(C)(C)CC(C)(C)N(CC(C)=O)C(C)=O. The minimum absolute atomic E-state index is 0.0110. The van der Waals surface area contributed by atoms with E-state index in [0.717, 1.165) is 5.70 Å². The van der Waals surface area contributed by atoms with Crippen molar-refractivity contribution in [3.8, 4) is 0 Å². The van der Waals surface area contributed by atoms with Gasteiger partial charge >= 0.3 is 0 Å². The van der Waals surface area contributed by atoms with Gasteiger partial charge in [0.05, 0.1) is 13.1 Å². The molecule has 6 nitrogen and oxygen atoms in total. The highest BCUT2D eigenvalue weighted by molar-refractivity contribution is 5.84. The van der Waals surface area contributed by atoms with Gasteiger partial charge in [0.1, 0.15) is 17.3 Å². The number of rotatable bonds is 13. The van der Waals surface area contributed by atoms with Gasteiger partial charge in [-0.2, -0.15) is 0 Å². The van der Waals surface area contributed by atoms with Crippen molar-refractivity contribution < 1.29 is 19.2 Å². The van der Waals surface area contributed by atoms with Crippen molar-refractivity contribution in [1.82, 2.24) is 9.80 Å². The molecule has 0 aliphatic heterocycles. The molecule has 0 fully saturated rings. The zero-order valence-corrected chi connectivity index (χ0v) is 22.6. The third-order valence-electron chi connectivity index (χ3n) is 6.41. The molecule has 1 amide bonds. The lowest BCUT2D eigenvalue weighted by Gasteiger charge is -2.50. The van der Waals surface area contributed by atoms with E-state index in [1.54, 1.807) is 18.7 Å². The first kappa shape index (κ1) is 30.0. The van der Waals surface area contributed by atoms with Crippen LogP contribution in [0.25, 0.3) is 0 Å². The molecule has 0 bridgehead atoms. The summed E-state index contributed by atoms with van der Waals surface area (Å²) in [5.41, 5.74) is -1.36. The predicted molar refractivity (Wildman–Crippen MR) is 130 cm³/mol.